The van der Waals surface area contributed by atoms with Gasteiger partial charge in [0.2, 0.25) is 0 Å². The minimum atomic E-state index is 0. The lowest BCUT2D eigenvalue weighted by molar-refractivity contribution is -0.837. The summed E-state index contributed by atoms with van der Waals surface area (Å²) < 4.78 is 0. The largest absolute Gasteiger partial charge is 1.00 e. The van der Waals surface area contributed by atoms with Crippen LogP contribution in [0.3, 0.4) is 0 Å². The number of carbonyl (C=O) groups is 1. The minimum Gasteiger partial charge on any atom is -1.00 e. The summed E-state index contributed by atoms with van der Waals surface area (Å²) in [5, 5.41) is 9.98. The number of halogens is 2. The first kappa shape index (κ1) is 17.6. The molecule has 1 amide bonds. The average Bonchev–Trinajstić information content (AvgIpc) is 2.56. The Morgan fingerprint density at radius 2 is 1.57 bits per heavy atom. The summed E-state index contributed by atoms with van der Waals surface area (Å²) in [6.07, 6.45) is 0. The molecule has 0 radical (unpaired) electrons. The number of rotatable bonds is 2. The normalized spacial score (nSPS) is 15.1. The van der Waals surface area contributed by atoms with Crippen molar-refractivity contribution in [1.29, 1.82) is 0 Å². The van der Waals surface area contributed by atoms with Gasteiger partial charge in [0.1, 0.15) is 11.4 Å². The number of nitrogens with zero attached hydrogens (tertiary/aromatic N) is 1. The van der Waals surface area contributed by atoms with Crippen LogP contribution in [0.4, 0.5) is 5.69 Å². The molecule has 1 saturated heterocycles. The summed E-state index contributed by atoms with van der Waals surface area (Å²) in [5.74, 6) is 0.334. The van der Waals surface area contributed by atoms with Crippen LogP contribution in [-0.2, 0) is 0 Å². The van der Waals surface area contributed by atoms with E-state index in [1.165, 1.54) is 4.90 Å². The monoisotopic (exact) mass is 352 g/mol. The number of benzene rings is 2. The van der Waals surface area contributed by atoms with E-state index in [-0.39, 0.29) is 24.1 Å². The molecule has 0 saturated carbocycles. The molecule has 1 aliphatic rings. The first-order valence-corrected chi connectivity index (χ1v) is 7.70. The van der Waals surface area contributed by atoms with E-state index in [1.54, 1.807) is 36.4 Å². The molecule has 4 nitrogen and oxygen atoms in total. The molecule has 1 fully saturated rings. The van der Waals surface area contributed by atoms with Gasteiger partial charge < -0.3 is 22.4 Å². The van der Waals surface area contributed by atoms with Gasteiger partial charge in [0, 0.05) is 22.7 Å². The Morgan fingerprint density at radius 1 is 1.00 bits per heavy atom. The van der Waals surface area contributed by atoms with Crippen molar-refractivity contribution in [3.05, 3.63) is 59.1 Å². The zero-order valence-electron chi connectivity index (χ0n) is 12.5. The van der Waals surface area contributed by atoms with Crippen LogP contribution in [0, 0.1) is 0 Å². The van der Waals surface area contributed by atoms with Crippen LogP contribution >= 0.6 is 11.6 Å². The third-order valence-corrected chi connectivity index (χ3v) is 4.27. The molecule has 3 rings (SSSR count). The van der Waals surface area contributed by atoms with Gasteiger partial charge in [-0.05, 0) is 36.4 Å². The van der Waals surface area contributed by atoms with Crippen molar-refractivity contribution in [2.24, 2.45) is 0 Å². The number of hydrogen-bond donors (Lipinski definition) is 2. The summed E-state index contributed by atoms with van der Waals surface area (Å²) in [6.45, 7) is 3.17. The zero-order valence-corrected chi connectivity index (χ0v) is 14.0. The number of nitrogens with one attached hydrogen (secondary N) is 1. The maximum Gasteiger partial charge on any atom is 0.254 e. The van der Waals surface area contributed by atoms with Crippen LogP contribution in [0.2, 0.25) is 5.02 Å². The topological polar surface area (TPSA) is 45.0 Å². The Bertz CT molecular complexity index is 651. The van der Waals surface area contributed by atoms with Crippen molar-refractivity contribution >= 4 is 23.2 Å². The Hall–Kier alpha value is -1.75. The van der Waals surface area contributed by atoms with Gasteiger partial charge in [0.15, 0.2) is 0 Å². The molecule has 1 heterocycles. The molecule has 2 aromatic carbocycles. The number of aromatic hydroxyl groups is 1. The standard InChI is InChI=1S/C17H17ClN2O2.ClH/c18-14-3-1-13(2-4-14)17(22)20-11-9-19(10-12-20)15-5-7-16(21)8-6-15;/h1-8,21H,9-12H2;1H. The molecule has 0 unspecified atom stereocenters. The molecule has 0 aromatic heterocycles. The number of hydrogen-bond acceptors (Lipinski definition) is 2. The van der Waals surface area contributed by atoms with Gasteiger partial charge in [-0.3, -0.25) is 9.69 Å². The van der Waals surface area contributed by atoms with E-state index in [0.29, 0.717) is 10.6 Å². The number of amides is 1. The van der Waals surface area contributed by atoms with Gasteiger partial charge in [-0.15, -0.1) is 0 Å². The van der Waals surface area contributed by atoms with Crippen LogP contribution < -0.4 is 17.3 Å². The predicted octanol–water partition coefficient (Wildman–Crippen LogP) is -1.28. The van der Waals surface area contributed by atoms with Crippen molar-refractivity contribution < 1.29 is 27.2 Å². The second-order valence-corrected chi connectivity index (χ2v) is 5.89. The van der Waals surface area contributed by atoms with E-state index in [2.05, 4.69) is 0 Å². The highest BCUT2D eigenvalue weighted by Gasteiger charge is 2.25. The van der Waals surface area contributed by atoms with Crippen molar-refractivity contribution in [2.75, 3.05) is 26.2 Å². The molecular formula is C17H18Cl2N2O2. The smallest absolute Gasteiger partial charge is 0.254 e. The lowest BCUT2D eigenvalue weighted by atomic mass is 10.1. The maximum absolute atomic E-state index is 12.4. The second-order valence-electron chi connectivity index (χ2n) is 5.45. The first-order chi connectivity index (χ1) is 10.6. The van der Waals surface area contributed by atoms with Gasteiger partial charge in [-0.25, -0.2) is 0 Å². The molecule has 23 heavy (non-hydrogen) atoms. The van der Waals surface area contributed by atoms with Crippen LogP contribution in [0.15, 0.2) is 48.5 Å². The molecule has 0 spiro atoms. The highest BCUT2D eigenvalue weighted by Crippen LogP contribution is 2.13. The first-order valence-electron chi connectivity index (χ1n) is 7.32. The molecule has 2 aromatic rings. The van der Waals surface area contributed by atoms with Crippen LogP contribution in [0.25, 0.3) is 0 Å². The molecular weight excluding hydrogens is 335 g/mol. The average molecular weight is 353 g/mol. The van der Waals surface area contributed by atoms with Gasteiger partial charge in [-0.2, -0.15) is 0 Å². The third kappa shape index (κ3) is 4.16. The van der Waals surface area contributed by atoms with E-state index in [9.17, 15) is 9.90 Å². The summed E-state index contributed by atoms with van der Waals surface area (Å²) in [6, 6.07) is 14.3. The highest BCUT2D eigenvalue weighted by atomic mass is 35.5. The minimum absolute atomic E-state index is 0. The van der Waals surface area contributed by atoms with Crippen molar-refractivity contribution in [1.82, 2.24) is 4.90 Å². The molecule has 0 bridgehead atoms. The lowest BCUT2D eigenvalue weighted by Gasteiger charge is -2.32. The Kier molecular flexibility index (Phi) is 5.88. The van der Waals surface area contributed by atoms with Crippen LogP contribution in [0.1, 0.15) is 10.4 Å². The lowest BCUT2D eigenvalue weighted by Crippen LogP contribution is -3.10. The maximum atomic E-state index is 12.4. The van der Waals surface area contributed by atoms with Crippen molar-refractivity contribution in [3.8, 4) is 5.75 Å². The molecule has 0 aliphatic carbocycles. The molecule has 1 aliphatic heterocycles. The SMILES string of the molecule is O=C(c1ccc(Cl)cc1)N1CC[NH+](c2ccc(O)cc2)CC1.[Cl-]. The summed E-state index contributed by atoms with van der Waals surface area (Å²) in [7, 11) is 0. The van der Waals surface area contributed by atoms with Crippen LogP contribution in [0.5, 0.6) is 5.75 Å². The third-order valence-electron chi connectivity index (χ3n) is 4.02. The van der Waals surface area contributed by atoms with E-state index >= 15 is 0 Å². The van der Waals surface area contributed by atoms with Gasteiger partial charge in [0.25, 0.3) is 5.91 Å². The Labute approximate surface area is 146 Å². The quantitative estimate of drug-likeness (QED) is 0.661. The second kappa shape index (κ2) is 7.68. The highest BCUT2D eigenvalue weighted by molar-refractivity contribution is 6.30. The molecule has 122 valence electrons. The predicted molar refractivity (Wildman–Crippen MR) is 85.8 cm³/mol. The number of phenols is 1. The number of quaternary nitrogens is 1. The molecule has 0 atom stereocenters. The summed E-state index contributed by atoms with van der Waals surface area (Å²) in [4.78, 5) is 15.7. The fourth-order valence-corrected chi connectivity index (χ4v) is 2.87. The van der Waals surface area contributed by atoms with Gasteiger partial charge in [0.05, 0.1) is 26.2 Å². The van der Waals surface area contributed by atoms with Gasteiger partial charge in [-0.1, -0.05) is 11.6 Å². The fraction of sp³-hybridized carbons (Fsp3) is 0.235. The van der Waals surface area contributed by atoms with E-state index in [0.717, 1.165) is 31.9 Å². The number of carbonyl (C=O) groups excluding carboxylic acids is 1. The van der Waals surface area contributed by atoms with Crippen molar-refractivity contribution in [2.45, 2.75) is 0 Å². The van der Waals surface area contributed by atoms with E-state index < -0.39 is 0 Å². The zero-order chi connectivity index (χ0) is 15.5. The fourth-order valence-electron chi connectivity index (χ4n) is 2.74. The van der Waals surface area contributed by atoms with E-state index in [1.807, 2.05) is 17.0 Å². The Morgan fingerprint density at radius 3 is 2.13 bits per heavy atom. The Balaban J connectivity index is 0.00000192. The molecule has 6 heteroatoms. The number of piperazine rings is 1. The van der Waals surface area contributed by atoms with Crippen molar-refractivity contribution in [3.63, 3.8) is 0 Å². The van der Waals surface area contributed by atoms with Gasteiger partial charge >= 0.3 is 0 Å². The molecule has 2 N–H and O–H groups in total. The summed E-state index contributed by atoms with van der Waals surface area (Å²) >= 11 is 5.85. The van der Waals surface area contributed by atoms with E-state index in [4.69, 9.17) is 11.6 Å². The van der Waals surface area contributed by atoms with Crippen LogP contribution in [-0.4, -0.2) is 42.1 Å². The summed E-state index contributed by atoms with van der Waals surface area (Å²) in [5.41, 5.74) is 1.83. The number of phenolic OH excluding ortho intramolecular Hbond substituents is 1.